The van der Waals surface area contributed by atoms with Gasteiger partial charge >= 0.3 is 21.1 Å². The SMILES string of the molecule is Cc1cc2nc3n(-c4[c-]c(-n5c6[c-]c(-n7c8cc(C)c(C)cc8n8c9cc(C)c(C)cc9nc78)ccc6c6ccccc65)ccc4)c4cc(C)c(C)cc4n3c2cc1C.[Pt+2]. The summed E-state index contributed by atoms with van der Waals surface area (Å²) >= 11 is 0. The van der Waals surface area contributed by atoms with Gasteiger partial charge in [0.25, 0.3) is 0 Å². The van der Waals surface area contributed by atoms with Crippen LogP contribution in [0.4, 0.5) is 0 Å². The summed E-state index contributed by atoms with van der Waals surface area (Å²) in [7, 11) is 0. The molecule has 294 valence electrons. The second-order valence-electron chi connectivity index (χ2n) is 16.7. The van der Waals surface area contributed by atoms with Gasteiger partial charge in [0.1, 0.15) is 0 Å². The van der Waals surface area contributed by atoms with Crippen molar-refractivity contribution in [2.45, 2.75) is 55.4 Å². The summed E-state index contributed by atoms with van der Waals surface area (Å²) in [4.78, 5) is 10.6. The zero-order valence-corrected chi connectivity index (χ0v) is 37.0. The summed E-state index contributed by atoms with van der Waals surface area (Å²) in [5, 5.41) is 2.30. The fourth-order valence-corrected chi connectivity index (χ4v) is 9.36. The average Bonchev–Trinajstić information content (AvgIpc) is 3.99. The normalized spacial score (nSPS) is 12.2. The standard InChI is InChI=1S/C52H41N7.Pt/c1-28-18-41-45(20-30(28)3)58-49-24-34(7)32(5)22-47(49)56(51(58)53-41)37-13-11-12-36(26-37)55-43-15-10-9-14-39(43)40-17-16-38(27-44(40)55)57-48-23-33(6)35(8)25-50(48)59-46-21-31(4)29(2)19-42(46)54-52(57)59;/h9-25H,1-8H3;/q-2;+2. The molecule has 0 aliphatic heterocycles. The first-order chi connectivity index (χ1) is 28.5. The van der Waals surface area contributed by atoms with Crippen molar-refractivity contribution in [2.75, 3.05) is 0 Å². The van der Waals surface area contributed by atoms with E-state index in [0.717, 1.165) is 89.2 Å². The number of aromatic nitrogens is 7. The summed E-state index contributed by atoms with van der Waals surface area (Å²) in [6.07, 6.45) is 0. The van der Waals surface area contributed by atoms with E-state index in [1.165, 1.54) is 49.9 Å². The molecule has 0 N–H and O–H groups in total. The van der Waals surface area contributed by atoms with E-state index in [2.05, 4.69) is 193 Å². The monoisotopic (exact) mass is 958 g/mol. The fraction of sp³-hybridized carbons (Fsp3) is 0.154. The maximum absolute atomic E-state index is 5.30. The van der Waals surface area contributed by atoms with Crippen molar-refractivity contribution in [1.29, 1.82) is 0 Å². The second-order valence-corrected chi connectivity index (χ2v) is 16.7. The van der Waals surface area contributed by atoms with Gasteiger partial charge in [-0.3, -0.25) is 8.80 Å². The Labute approximate surface area is 361 Å². The van der Waals surface area contributed by atoms with Gasteiger partial charge in [-0.05, 0) is 160 Å². The third-order valence-electron chi connectivity index (χ3n) is 13.1. The molecule has 0 aliphatic rings. The molecule has 8 heteroatoms. The largest absolute Gasteiger partial charge is 2.00 e. The Morgan fingerprint density at radius 1 is 0.367 bits per heavy atom. The molecule has 0 radical (unpaired) electrons. The first kappa shape index (κ1) is 36.6. The van der Waals surface area contributed by atoms with E-state index in [-0.39, 0.29) is 21.1 Å². The van der Waals surface area contributed by atoms with Crippen LogP contribution < -0.4 is 0 Å². The molecule has 5 aromatic heterocycles. The van der Waals surface area contributed by atoms with Gasteiger partial charge in [-0.1, -0.05) is 40.8 Å². The van der Waals surface area contributed by atoms with Gasteiger partial charge in [0.2, 0.25) is 11.6 Å². The third-order valence-corrected chi connectivity index (χ3v) is 13.1. The number of para-hydroxylation sites is 1. The number of benzene rings is 7. The van der Waals surface area contributed by atoms with E-state index >= 15 is 0 Å². The molecule has 0 amide bonds. The van der Waals surface area contributed by atoms with Crippen molar-refractivity contribution in [3.63, 3.8) is 0 Å². The average molecular weight is 959 g/mol. The van der Waals surface area contributed by atoms with Crippen molar-refractivity contribution in [2.24, 2.45) is 0 Å². The van der Waals surface area contributed by atoms with Crippen molar-refractivity contribution in [3.8, 4) is 17.1 Å². The molecular formula is C52H41N7Pt. The summed E-state index contributed by atoms with van der Waals surface area (Å²) in [5.41, 5.74) is 23.5. The summed E-state index contributed by atoms with van der Waals surface area (Å²) in [5.74, 6) is 1.75. The first-order valence-corrected chi connectivity index (χ1v) is 20.3. The molecular weight excluding hydrogens is 918 g/mol. The minimum absolute atomic E-state index is 0. The van der Waals surface area contributed by atoms with E-state index in [1.807, 2.05) is 0 Å². The minimum atomic E-state index is 0. The number of aryl methyl sites for hydroxylation is 8. The molecule has 5 heterocycles. The van der Waals surface area contributed by atoms with E-state index in [1.54, 1.807) is 0 Å². The van der Waals surface area contributed by atoms with Crippen molar-refractivity contribution in [3.05, 3.63) is 160 Å². The summed E-state index contributed by atoms with van der Waals surface area (Å²) in [6.45, 7) is 17.4. The Morgan fingerprint density at radius 2 is 0.800 bits per heavy atom. The Kier molecular flexibility index (Phi) is 7.81. The summed E-state index contributed by atoms with van der Waals surface area (Å²) in [6, 6.07) is 45.5. The number of fused-ring (bicyclic) bond motifs is 13. The quantitative estimate of drug-likeness (QED) is 0.166. The summed E-state index contributed by atoms with van der Waals surface area (Å²) < 4.78 is 11.5. The van der Waals surface area contributed by atoms with Crippen LogP contribution in [0.2, 0.25) is 0 Å². The maximum atomic E-state index is 5.30. The topological polar surface area (TPSA) is 49.4 Å². The van der Waals surface area contributed by atoms with Crippen LogP contribution in [0.15, 0.2) is 103 Å². The van der Waals surface area contributed by atoms with E-state index in [4.69, 9.17) is 9.97 Å². The predicted octanol–water partition coefficient (Wildman–Crippen LogP) is 12.3. The maximum Gasteiger partial charge on any atom is 2.00 e. The van der Waals surface area contributed by atoms with Crippen molar-refractivity contribution >= 4 is 77.5 Å². The predicted molar refractivity (Wildman–Crippen MR) is 243 cm³/mol. The third kappa shape index (κ3) is 4.93. The Hall–Kier alpha value is -6.43. The zero-order valence-electron chi connectivity index (χ0n) is 34.8. The molecule has 12 aromatic rings. The minimum Gasteiger partial charge on any atom is -0.358 e. The van der Waals surface area contributed by atoms with Gasteiger partial charge in [0, 0.05) is 5.52 Å². The van der Waals surface area contributed by atoms with Crippen LogP contribution in [0.3, 0.4) is 0 Å². The Bertz CT molecular complexity index is 3830. The van der Waals surface area contributed by atoms with Gasteiger partial charge < -0.3 is 13.7 Å². The van der Waals surface area contributed by atoms with Crippen LogP contribution in [0, 0.1) is 67.5 Å². The Morgan fingerprint density at radius 3 is 1.33 bits per heavy atom. The molecule has 0 atom stereocenters. The van der Waals surface area contributed by atoms with Crippen LogP contribution in [0.25, 0.3) is 94.6 Å². The van der Waals surface area contributed by atoms with Crippen LogP contribution >= 0.6 is 0 Å². The number of nitrogens with zero attached hydrogens (tertiary/aromatic N) is 7. The zero-order chi connectivity index (χ0) is 40.2. The fourth-order valence-electron chi connectivity index (χ4n) is 9.36. The molecule has 7 aromatic carbocycles. The van der Waals surface area contributed by atoms with E-state index in [9.17, 15) is 0 Å². The molecule has 60 heavy (non-hydrogen) atoms. The molecule has 0 saturated carbocycles. The van der Waals surface area contributed by atoms with Gasteiger partial charge in [-0.25, -0.2) is 9.97 Å². The van der Waals surface area contributed by atoms with Crippen LogP contribution in [-0.2, 0) is 21.1 Å². The molecule has 0 saturated heterocycles. The Balaban J connectivity index is 0.00000408. The molecule has 7 nitrogen and oxygen atoms in total. The van der Waals surface area contributed by atoms with Crippen LogP contribution in [0.1, 0.15) is 44.5 Å². The van der Waals surface area contributed by atoms with Crippen molar-refractivity contribution in [1.82, 2.24) is 32.5 Å². The van der Waals surface area contributed by atoms with Gasteiger partial charge in [0.15, 0.2) is 0 Å². The number of imidazole rings is 4. The van der Waals surface area contributed by atoms with Crippen LogP contribution in [-0.4, -0.2) is 32.5 Å². The molecule has 0 bridgehead atoms. The van der Waals surface area contributed by atoms with E-state index in [0.29, 0.717) is 0 Å². The number of hydrogen-bond acceptors (Lipinski definition) is 2. The molecule has 12 rings (SSSR count). The molecule has 0 unspecified atom stereocenters. The van der Waals surface area contributed by atoms with E-state index < -0.39 is 0 Å². The van der Waals surface area contributed by atoms with Gasteiger partial charge in [-0.15, -0.1) is 35.7 Å². The molecule has 0 spiro atoms. The van der Waals surface area contributed by atoms with Gasteiger partial charge in [-0.2, -0.15) is 12.1 Å². The smallest absolute Gasteiger partial charge is 0.358 e. The molecule has 0 aliphatic carbocycles. The van der Waals surface area contributed by atoms with Crippen LogP contribution in [0.5, 0.6) is 0 Å². The first-order valence-electron chi connectivity index (χ1n) is 20.3. The molecule has 0 fully saturated rings. The number of rotatable bonds is 3. The van der Waals surface area contributed by atoms with Crippen molar-refractivity contribution < 1.29 is 21.1 Å². The van der Waals surface area contributed by atoms with Gasteiger partial charge in [0.05, 0.1) is 44.1 Å². The number of hydrogen-bond donors (Lipinski definition) is 0. The second kappa shape index (κ2) is 12.8.